The molecule has 0 bridgehead atoms. The van der Waals surface area contributed by atoms with Crippen LogP contribution in [-0.2, 0) is 6.54 Å². The van der Waals surface area contributed by atoms with E-state index in [-0.39, 0.29) is 11.0 Å². The number of nitro groups is 1. The van der Waals surface area contributed by atoms with Gasteiger partial charge in [0, 0.05) is 23.5 Å². The van der Waals surface area contributed by atoms with E-state index in [0.717, 1.165) is 16.2 Å². The van der Waals surface area contributed by atoms with Crippen LogP contribution in [0.3, 0.4) is 0 Å². The van der Waals surface area contributed by atoms with Gasteiger partial charge in [-0.3, -0.25) is 10.1 Å². The maximum atomic E-state index is 10.4. The Morgan fingerprint density at radius 2 is 2.47 bits per heavy atom. The van der Waals surface area contributed by atoms with E-state index in [4.69, 9.17) is 5.26 Å². The van der Waals surface area contributed by atoms with Crippen LogP contribution in [-0.4, -0.2) is 11.0 Å². The fourth-order valence-electron chi connectivity index (χ4n) is 1.04. The predicted octanol–water partition coefficient (Wildman–Crippen LogP) is 2.05. The molecule has 80 valence electrons. The Labute approximate surface area is 91.5 Å². The third-order valence-electron chi connectivity index (χ3n) is 1.85. The fraction of sp³-hybridized carbons (Fsp3) is 0.444. The minimum absolute atomic E-state index is 0.108. The van der Waals surface area contributed by atoms with Crippen molar-refractivity contribution < 1.29 is 4.92 Å². The smallest absolute Gasteiger partial charge is 0.308 e. The molecule has 1 heterocycles. The van der Waals surface area contributed by atoms with Crippen molar-refractivity contribution in [1.29, 1.82) is 5.26 Å². The van der Waals surface area contributed by atoms with Gasteiger partial charge >= 0.3 is 5.00 Å². The number of rotatable bonds is 5. The second-order valence-corrected chi connectivity index (χ2v) is 4.29. The second-order valence-electron chi connectivity index (χ2n) is 3.14. The molecule has 0 saturated carbocycles. The minimum atomic E-state index is -0.396. The molecule has 0 spiro atoms. The van der Waals surface area contributed by atoms with Crippen molar-refractivity contribution in [3.8, 4) is 6.07 Å². The van der Waals surface area contributed by atoms with Gasteiger partial charge in [0.1, 0.15) is 0 Å². The average molecular weight is 225 g/mol. The van der Waals surface area contributed by atoms with Gasteiger partial charge in [-0.25, -0.2) is 0 Å². The maximum Gasteiger partial charge on any atom is 0.324 e. The highest BCUT2D eigenvalue weighted by Crippen LogP contribution is 2.23. The van der Waals surface area contributed by atoms with Crippen molar-refractivity contribution in [3.05, 3.63) is 27.1 Å². The van der Waals surface area contributed by atoms with E-state index in [1.54, 1.807) is 6.07 Å². The summed E-state index contributed by atoms with van der Waals surface area (Å²) in [5.74, 6) is 0. The molecule has 5 nitrogen and oxygen atoms in total. The van der Waals surface area contributed by atoms with Gasteiger partial charge in [-0.05, 0) is 13.0 Å². The summed E-state index contributed by atoms with van der Waals surface area (Å²) in [7, 11) is 0. The first-order valence-corrected chi connectivity index (χ1v) is 5.28. The molecule has 0 radical (unpaired) electrons. The SMILES string of the molecule is CC(CC#N)NCc1ccc([N+](=O)[O-])s1. The van der Waals surface area contributed by atoms with E-state index in [2.05, 4.69) is 11.4 Å². The summed E-state index contributed by atoms with van der Waals surface area (Å²) < 4.78 is 0. The highest BCUT2D eigenvalue weighted by atomic mass is 32.1. The van der Waals surface area contributed by atoms with Gasteiger partial charge in [0.2, 0.25) is 0 Å². The fourth-order valence-corrected chi connectivity index (χ4v) is 1.81. The molecular formula is C9H11N3O2S. The van der Waals surface area contributed by atoms with Crippen molar-refractivity contribution in [2.45, 2.75) is 25.9 Å². The van der Waals surface area contributed by atoms with E-state index in [9.17, 15) is 10.1 Å². The zero-order valence-corrected chi connectivity index (χ0v) is 9.08. The molecule has 0 aliphatic rings. The van der Waals surface area contributed by atoms with Gasteiger partial charge in [-0.2, -0.15) is 5.26 Å². The number of hydrogen-bond acceptors (Lipinski definition) is 5. The van der Waals surface area contributed by atoms with Crippen molar-refractivity contribution >= 4 is 16.3 Å². The van der Waals surface area contributed by atoms with Crippen LogP contribution >= 0.6 is 11.3 Å². The molecule has 0 aromatic carbocycles. The standard InChI is InChI=1S/C9H11N3O2S/c1-7(4-5-10)11-6-8-2-3-9(15-8)12(13)14/h2-3,7,11H,4,6H2,1H3. The van der Waals surface area contributed by atoms with Crippen LogP contribution in [0.2, 0.25) is 0 Å². The zero-order valence-electron chi connectivity index (χ0n) is 8.27. The number of nitriles is 1. The Hall–Kier alpha value is -1.45. The Balaban J connectivity index is 2.45. The molecule has 15 heavy (non-hydrogen) atoms. The molecule has 0 aliphatic heterocycles. The van der Waals surface area contributed by atoms with Crippen LogP contribution in [0.4, 0.5) is 5.00 Å². The average Bonchev–Trinajstić information content (AvgIpc) is 2.63. The topological polar surface area (TPSA) is 79.0 Å². The van der Waals surface area contributed by atoms with Crippen molar-refractivity contribution in [1.82, 2.24) is 5.32 Å². The highest BCUT2D eigenvalue weighted by Gasteiger charge is 2.09. The van der Waals surface area contributed by atoms with Gasteiger partial charge in [0.05, 0.1) is 17.4 Å². The van der Waals surface area contributed by atoms with E-state index < -0.39 is 4.92 Å². The Morgan fingerprint density at radius 1 is 1.73 bits per heavy atom. The van der Waals surface area contributed by atoms with Gasteiger partial charge in [0.25, 0.3) is 0 Å². The lowest BCUT2D eigenvalue weighted by Crippen LogP contribution is -2.24. The molecular weight excluding hydrogens is 214 g/mol. The second kappa shape index (κ2) is 5.44. The Kier molecular flexibility index (Phi) is 4.21. The predicted molar refractivity (Wildman–Crippen MR) is 57.5 cm³/mol. The van der Waals surface area contributed by atoms with E-state index >= 15 is 0 Å². The van der Waals surface area contributed by atoms with E-state index in [1.807, 2.05) is 6.92 Å². The van der Waals surface area contributed by atoms with E-state index in [1.165, 1.54) is 6.07 Å². The third kappa shape index (κ3) is 3.65. The van der Waals surface area contributed by atoms with Gasteiger partial charge in [-0.1, -0.05) is 11.3 Å². The van der Waals surface area contributed by atoms with Crippen LogP contribution in [0.5, 0.6) is 0 Å². The molecule has 1 aromatic heterocycles. The van der Waals surface area contributed by atoms with E-state index in [0.29, 0.717) is 13.0 Å². The van der Waals surface area contributed by atoms with Crippen LogP contribution in [0.1, 0.15) is 18.2 Å². The summed E-state index contributed by atoms with van der Waals surface area (Å²) in [4.78, 5) is 10.9. The lowest BCUT2D eigenvalue weighted by molar-refractivity contribution is -0.380. The minimum Gasteiger partial charge on any atom is -0.308 e. The summed E-state index contributed by atoms with van der Waals surface area (Å²) in [5, 5.41) is 22.1. The molecule has 0 aliphatic carbocycles. The molecule has 1 atom stereocenters. The largest absolute Gasteiger partial charge is 0.324 e. The Morgan fingerprint density at radius 3 is 3.00 bits per heavy atom. The number of thiophene rings is 1. The first kappa shape index (κ1) is 11.6. The number of hydrogen-bond donors (Lipinski definition) is 1. The maximum absolute atomic E-state index is 10.4. The molecule has 1 N–H and O–H groups in total. The molecule has 0 amide bonds. The summed E-state index contributed by atoms with van der Waals surface area (Å²) in [5.41, 5.74) is 0. The highest BCUT2D eigenvalue weighted by molar-refractivity contribution is 7.15. The van der Waals surface area contributed by atoms with Crippen LogP contribution in [0.25, 0.3) is 0 Å². The number of nitrogens with zero attached hydrogens (tertiary/aromatic N) is 2. The lowest BCUT2D eigenvalue weighted by atomic mass is 10.2. The monoisotopic (exact) mass is 225 g/mol. The Bertz CT molecular complexity index is 383. The van der Waals surface area contributed by atoms with Crippen molar-refractivity contribution in [3.63, 3.8) is 0 Å². The summed E-state index contributed by atoms with van der Waals surface area (Å²) in [6.45, 7) is 2.48. The molecule has 1 unspecified atom stereocenters. The van der Waals surface area contributed by atoms with Crippen LogP contribution < -0.4 is 5.32 Å². The van der Waals surface area contributed by atoms with Crippen molar-refractivity contribution in [2.75, 3.05) is 0 Å². The molecule has 0 saturated heterocycles. The first-order chi connectivity index (χ1) is 7.13. The van der Waals surface area contributed by atoms with Crippen LogP contribution in [0, 0.1) is 21.4 Å². The third-order valence-corrected chi connectivity index (χ3v) is 2.89. The molecule has 6 heteroatoms. The number of nitrogens with one attached hydrogen (secondary N) is 1. The van der Waals surface area contributed by atoms with Gasteiger partial charge in [-0.15, -0.1) is 0 Å². The van der Waals surface area contributed by atoms with Gasteiger partial charge < -0.3 is 5.32 Å². The first-order valence-electron chi connectivity index (χ1n) is 4.47. The van der Waals surface area contributed by atoms with Gasteiger partial charge in [0.15, 0.2) is 0 Å². The molecule has 1 aromatic rings. The zero-order chi connectivity index (χ0) is 11.3. The summed E-state index contributed by atoms with van der Waals surface area (Å²) in [6, 6.07) is 5.40. The molecule has 1 rings (SSSR count). The molecule has 0 fully saturated rings. The van der Waals surface area contributed by atoms with Crippen molar-refractivity contribution in [2.24, 2.45) is 0 Å². The lowest BCUT2D eigenvalue weighted by Gasteiger charge is -2.07. The summed E-state index contributed by atoms with van der Waals surface area (Å²) in [6.07, 6.45) is 0.438. The van der Waals surface area contributed by atoms with Crippen LogP contribution in [0.15, 0.2) is 12.1 Å². The normalized spacial score (nSPS) is 12.0. The summed E-state index contributed by atoms with van der Waals surface area (Å²) >= 11 is 1.16. The quantitative estimate of drug-likeness (QED) is 0.614.